The zero-order valence-corrected chi connectivity index (χ0v) is 15.3. The molecule has 140 valence electrons. The van der Waals surface area contributed by atoms with E-state index < -0.39 is 18.0 Å². The molecule has 2 fully saturated rings. The number of nitrogens with zero attached hydrogens (tertiary/aromatic N) is 1. The second-order valence-corrected chi connectivity index (χ2v) is 8.23. The fourth-order valence-corrected chi connectivity index (χ4v) is 4.43. The topological polar surface area (TPSA) is 66.9 Å². The van der Waals surface area contributed by atoms with Gasteiger partial charge in [-0.05, 0) is 42.2 Å². The van der Waals surface area contributed by atoms with Crippen LogP contribution in [0.15, 0.2) is 42.6 Å². The van der Waals surface area contributed by atoms with Gasteiger partial charge in [-0.3, -0.25) is 4.98 Å². The van der Waals surface area contributed by atoms with Gasteiger partial charge < -0.3 is 18.9 Å². The molecular formula is C21H21NO5. The summed E-state index contributed by atoms with van der Waals surface area (Å²) in [7, 11) is 0. The zero-order valence-electron chi connectivity index (χ0n) is 15.3. The average molecular weight is 367 g/mol. The second-order valence-electron chi connectivity index (χ2n) is 8.23. The van der Waals surface area contributed by atoms with Crippen LogP contribution in [0, 0.1) is 5.41 Å². The average Bonchev–Trinajstić information content (AvgIpc) is 3.02. The standard InChI is InChI=1S/C21H21NO5/c1-20(2)10-17-18(26-19(23)25-17)21(12-20)24-11-14-9-13(6-7-16(14)27-21)15-5-3-4-8-22-15/h3-9,17-18H,10-12H2,1-2H3/t17-,18-,21-/m1/s1. The van der Waals surface area contributed by atoms with Crippen molar-refractivity contribution in [1.29, 1.82) is 0 Å². The van der Waals surface area contributed by atoms with Gasteiger partial charge in [0.1, 0.15) is 11.9 Å². The Kier molecular flexibility index (Phi) is 3.49. The van der Waals surface area contributed by atoms with Gasteiger partial charge >= 0.3 is 6.16 Å². The van der Waals surface area contributed by atoms with Gasteiger partial charge in [-0.15, -0.1) is 0 Å². The van der Waals surface area contributed by atoms with Crippen LogP contribution in [-0.2, 0) is 20.8 Å². The minimum atomic E-state index is -1.02. The molecule has 6 heteroatoms. The number of hydrogen-bond acceptors (Lipinski definition) is 6. The van der Waals surface area contributed by atoms with Crippen LogP contribution >= 0.6 is 0 Å². The summed E-state index contributed by atoms with van der Waals surface area (Å²) in [6.45, 7) is 4.64. The summed E-state index contributed by atoms with van der Waals surface area (Å²) in [5, 5.41) is 0. The van der Waals surface area contributed by atoms with E-state index in [-0.39, 0.29) is 11.5 Å². The monoisotopic (exact) mass is 367 g/mol. The van der Waals surface area contributed by atoms with E-state index in [1.54, 1.807) is 6.20 Å². The molecule has 0 amide bonds. The van der Waals surface area contributed by atoms with Crippen molar-refractivity contribution in [3.05, 3.63) is 48.2 Å². The predicted octanol–water partition coefficient (Wildman–Crippen LogP) is 4.08. The molecule has 1 saturated carbocycles. The first kappa shape index (κ1) is 16.6. The molecule has 2 aliphatic heterocycles. The maximum Gasteiger partial charge on any atom is 0.509 e. The van der Waals surface area contributed by atoms with E-state index in [0.29, 0.717) is 13.0 Å². The van der Waals surface area contributed by atoms with Crippen LogP contribution in [0.1, 0.15) is 32.3 Å². The lowest BCUT2D eigenvalue weighted by Crippen LogP contribution is -2.61. The number of ether oxygens (including phenoxy) is 4. The number of carbonyl (C=O) groups is 1. The molecule has 1 aromatic heterocycles. The third kappa shape index (κ3) is 2.75. The number of rotatable bonds is 1. The highest BCUT2D eigenvalue weighted by atomic mass is 16.8. The molecule has 2 aromatic rings. The Labute approximate surface area is 157 Å². The summed E-state index contributed by atoms with van der Waals surface area (Å²) in [6.07, 6.45) is 1.57. The molecule has 3 atom stereocenters. The van der Waals surface area contributed by atoms with E-state index in [0.717, 1.165) is 29.0 Å². The van der Waals surface area contributed by atoms with E-state index in [1.807, 2.05) is 36.4 Å². The summed E-state index contributed by atoms with van der Waals surface area (Å²) in [6, 6.07) is 11.8. The highest BCUT2D eigenvalue weighted by molar-refractivity contribution is 5.64. The first-order chi connectivity index (χ1) is 12.9. The Morgan fingerprint density at radius 1 is 1.15 bits per heavy atom. The number of aromatic nitrogens is 1. The largest absolute Gasteiger partial charge is 0.509 e. The Bertz CT molecular complexity index is 897. The Balaban J connectivity index is 1.49. The zero-order chi connectivity index (χ0) is 18.6. The van der Waals surface area contributed by atoms with Crippen LogP contribution < -0.4 is 4.74 Å². The van der Waals surface area contributed by atoms with E-state index in [9.17, 15) is 4.79 Å². The van der Waals surface area contributed by atoms with Crippen molar-refractivity contribution >= 4 is 6.16 Å². The van der Waals surface area contributed by atoms with Crippen molar-refractivity contribution in [3.8, 4) is 17.0 Å². The summed E-state index contributed by atoms with van der Waals surface area (Å²) < 4.78 is 23.4. The lowest BCUT2D eigenvalue weighted by Gasteiger charge is -2.49. The molecule has 1 aliphatic carbocycles. The number of benzene rings is 1. The third-order valence-corrected chi connectivity index (χ3v) is 5.50. The van der Waals surface area contributed by atoms with Gasteiger partial charge in [0.05, 0.1) is 12.3 Å². The SMILES string of the molecule is CC1(C)C[C@H]2OC(=O)O[C@H]2[C@]2(C1)OCc1cc(-c3ccccn3)ccc1O2. The van der Waals surface area contributed by atoms with Crippen molar-refractivity contribution in [2.45, 2.75) is 51.3 Å². The number of pyridine rings is 1. The van der Waals surface area contributed by atoms with Crippen molar-refractivity contribution < 1.29 is 23.7 Å². The summed E-state index contributed by atoms with van der Waals surface area (Å²) in [5.74, 6) is -0.265. The van der Waals surface area contributed by atoms with Gasteiger partial charge in [-0.2, -0.15) is 0 Å². The fraction of sp³-hybridized carbons (Fsp3) is 0.429. The fourth-order valence-electron chi connectivity index (χ4n) is 4.43. The molecule has 0 radical (unpaired) electrons. The molecule has 1 spiro atoms. The molecule has 6 nitrogen and oxygen atoms in total. The Morgan fingerprint density at radius 3 is 2.85 bits per heavy atom. The van der Waals surface area contributed by atoms with Gasteiger partial charge in [0.25, 0.3) is 5.79 Å². The van der Waals surface area contributed by atoms with Gasteiger partial charge in [0.15, 0.2) is 0 Å². The quantitative estimate of drug-likeness (QED) is 0.708. The van der Waals surface area contributed by atoms with Crippen molar-refractivity contribution in [2.24, 2.45) is 5.41 Å². The first-order valence-electron chi connectivity index (χ1n) is 9.19. The third-order valence-electron chi connectivity index (χ3n) is 5.50. The van der Waals surface area contributed by atoms with E-state index in [1.165, 1.54) is 0 Å². The molecule has 1 saturated heterocycles. The number of fused-ring (bicyclic) bond motifs is 3. The molecule has 5 rings (SSSR count). The second kappa shape index (κ2) is 5.70. The maximum atomic E-state index is 11.7. The van der Waals surface area contributed by atoms with Gasteiger partial charge in [0, 0.05) is 23.7 Å². The van der Waals surface area contributed by atoms with Crippen molar-refractivity contribution in [3.63, 3.8) is 0 Å². The van der Waals surface area contributed by atoms with Crippen LogP contribution in [0.2, 0.25) is 0 Å². The van der Waals surface area contributed by atoms with Crippen LogP contribution in [0.4, 0.5) is 4.79 Å². The smallest absolute Gasteiger partial charge is 0.458 e. The lowest BCUT2D eigenvalue weighted by atomic mass is 9.71. The van der Waals surface area contributed by atoms with Gasteiger partial charge in [-0.25, -0.2) is 4.79 Å². The van der Waals surface area contributed by atoms with Gasteiger partial charge in [0.2, 0.25) is 6.10 Å². The van der Waals surface area contributed by atoms with Crippen molar-refractivity contribution in [1.82, 2.24) is 4.98 Å². The highest BCUT2D eigenvalue weighted by Crippen LogP contribution is 2.50. The van der Waals surface area contributed by atoms with Crippen molar-refractivity contribution in [2.75, 3.05) is 0 Å². The summed E-state index contributed by atoms with van der Waals surface area (Å²) >= 11 is 0. The van der Waals surface area contributed by atoms with E-state index in [2.05, 4.69) is 18.8 Å². The molecule has 0 bridgehead atoms. The molecule has 1 aromatic carbocycles. The highest BCUT2D eigenvalue weighted by Gasteiger charge is 2.62. The molecule has 0 unspecified atom stereocenters. The normalized spacial score (nSPS) is 30.7. The molecule has 27 heavy (non-hydrogen) atoms. The molecule has 3 heterocycles. The molecule has 0 N–H and O–H groups in total. The Morgan fingerprint density at radius 2 is 2.04 bits per heavy atom. The summed E-state index contributed by atoms with van der Waals surface area (Å²) in [5.41, 5.74) is 2.77. The number of carbonyl (C=O) groups excluding carboxylic acids is 1. The maximum absolute atomic E-state index is 11.7. The predicted molar refractivity (Wildman–Crippen MR) is 96.0 cm³/mol. The van der Waals surface area contributed by atoms with E-state index in [4.69, 9.17) is 18.9 Å². The number of hydrogen-bond donors (Lipinski definition) is 0. The lowest BCUT2D eigenvalue weighted by molar-refractivity contribution is -0.285. The van der Waals surface area contributed by atoms with E-state index >= 15 is 0 Å². The van der Waals surface area contributed by atoms with Crippen LogP contribution in [0.5, 0.6) is 5.75 Å². The van der Waals surface area contributed by atoms with Crippen LogP contribution in [0.3, 0.4) is 0 Å². The minimum Gasteiger partial charge on any atom is -0.458 e. The van der Waals surface area contributed by atoms with Gasteiger partial charge in [-0.1, -0.05) is 19.9 Å². The Hall–Kier alpha value is -2.60. The molecule has 3 aliphatic rings. The van der Waals surface area contributed by atoms with Crippen LogP contribution in [-0.4, -0.2) is 29.1 Å². The van der Waals surface area contributed by atoms with Crippen LogP contribution in [0.25, 0.3) is 11.3 Å². The summed E-state index contributed by atoms with van der Waals surface area (Å²) in [4.78, 5) is 16.1. The molecular weight excluding hydrogens is 346 g/mol. The minimum absolute atomic E-state index is 0.0967. The first-order valence-corrected chi connectivity index (χ1v) is 9.19.